The maximum Gasteiger partial charge on any atom is 0.0704 e. The van der Waals surface area contributed by atoms with Gasteiger partial charge in [0.25, 0.3) is 0 Å². The summed E-state index contributed by atoms with van der Waals surface area (Å²) >= 11 is 0. The normalized spacial score (nSPS) is 38.2. The van der Waals surface area contributed by atoms with Crippen LogP contribution in [0.3, 0.4) is 0 Å². The molecule has 4 aliphatic carbocycles. The molecule has 8 unspecified atom stereocenters. The first-order chi connectivity index (χ1) is 17.9. The summed E-state index contributed by atoms with van der Waals surface area (Å²) < 4.78 is 17.1. The molecule has 0 aromatic carbocycles. The van der Waals surface area contributed by atoms with Crippen molar-refractivity contribution in [3.05, 3.63) is 12.2 Å². The minimum atomic E-state index is 0.0690. The highest BCUT2D eigenvalue weighted by Gasteiger charge is 2.66. The molecule has 0 aliphatic heterocycles. The second-order valence-corrected chi connectivity index (χ2v) is 13.8. The average molecular weight is 519 g/mol. The minimum absolute atomic E-state index is 0.0690. The van der Waals surface area contributed by atoms with Gasteiger partial charge in [-0.2, -0.15) is 0 Å². The van der Waals surface area contributed by atoms with Crippen molar-refractivity contribution in [1.82, 2.24) is 0 Å². The summed E-state index contributed by atoms with van der Waals surface area (Å²) in [4.78, 5) is 0. The van der Waals surface area contributed by atoms with Crippen molar-refractivity contribution >= 4 is 0 Å². The monoisotopic (exact) mass is 518 g/mol. The van der Waals surface area contributed by atoms with Gasteiger partial charge in [0.05, 0.1) is 45.7 Å². The molecule has 0 heterocycles. The molecule has 4 rings (SSSR count). The quantitative estimate of drug-likeness (QED) is 0.192. The first-order valence-electron chi connectivity index (χ1n) is 15.9. The highest BCUT2D eigenvalue weighted by atomic mass is 16.5. The topological polar surface area (TPSA) is 47.9 Å². The molecule has 0 aromatic heterocycles. The van der Waals surface area contributed by atoms with E-state index in [9.17, 15) is 0 Å². The number of aliphatic hydroxyl groups is 1. The summed E-state index contributed by atoms with van der Waals surface area (Å²) in [6.07, 6.45) is 21.9. The Hall–Kier alpha value is -0.420. The van der Waals surface area contributed by atoms with E-state index in [2.05, 4.69) is 39.8 Å². The lowest BCUT2D eigenvalue weighted by Crippen LogP contribution is -2.44. The van der Waals surface area contributed by atoms with Gasteiger partial charge in [0, 0.05) is 0 Å². The number of fused-ring (bicyclic) bond motifs is 2. The van der Waals surface area contributed by atoms with Gasteiger partial charge in [0.2, 0.25) is 0 Å². The van der Waals surface area contributed by atoms with Gasteiger partial charge in [-0.1, -0.05) is 59.1 Å². The molecule has 0 aromatic rings. The van der Waals surface area contributed by atoms with Gasteiger partial charge < -0.3 is 19.3 Å². The summed E-state index contributed by atoms with van der Waals surface area (Å²) in [5, 5.41) is 8.75. The first-order valence-corrected chi connectivity index (χ1v) is 15.9. The van der Waals surface area contributed by atoms with Crippen LogP contribution in [-0.2, 0) is 14.2 Å². The van der Waals surface area contributed by atoms with Crippen LogP contribution in [-0.4, -0.2) is 50.9 Å². The van der Waals surface area contributed by atoms with Crippen molar-refractivity contribution in [1.29, 1.82) is 0 Å². The van der Waals surface area contributed by atoms with Crippen molar-refractivity contribution < 1.29 is 19.3 Å². The van der Waals surface area contributed by atoms with Gasteiger partial charge in [0.1, 0.15) is 0 Å². The lowest BCUT2D eigenvalue weighted by Gasteiger charge is -2.51. The molecular formula is C33H58O4. The van der Waals surface area contributed by atoms with Gasteiger partial charge in [-0.05, 0) is 104 Å². The summed E-state index contributed by atoms with van der Waals surface area (Å²) in [7, 11) is 0. The molecule has 8 atom stereocenters. The Kier molecular flexibility index (Phi) is 11.0. The predicted molar refractivity (Wildman–Crippen MR) is 152 cm³/mol. The zero-order valence-corrected chi connectivity index (χ0v) is 24.6. The van der Waals surface area contributed by atoms with Gasteiger partial charge in [-0.25, -0.2) is 0 Å². The van der Waals surface area contributed by atoms with Crippen LogP contribution in [0.2, 0.25) is 0 Å². The van der Waals surface area contributed by atoms with E-state index < -0.39 is 0 Å². The van der Waals surface area contributed by atoms with Gasteiger partial charge in [-0.3, -0.25) is 0 Å². The molecule has 3 fully saturated rings. The number of allylic oxidation sites excluding steroid dienone is 1. The van der Waals surface area contributed by atoms with Crippen molar-refractivity contribution in [3.63, 3.8) is 0 Å². The van der Waals surface area contributed by atoms with E-state index in [1.807, 2.05) is 0 Å². The fourth-order valence-corrected chi connectivity index (χ4v) is 9.15. The summed E-state index contributed by atoms with van der Waals surface area (Å²) in [6.45, 7) is 12.9. The molecule has 1 N–H and O–H groups in total. The van der Waals surface area contributed by atoms with Crippen LogP contribution in [0.1, 0.15) is 105 Å². The predicted octanol–water partition coefficient (Wildman–Crippen LogP) is 7.44. The molecule has 214 valence electrons. The van der Waals surface area contributed by atoms with E-state index in [0.29, 0.717) is 50.0 Å². The third-order valence-electron chi connectivity index (χ3n) is 11.2. The van der Waals surface area contributed by atoms with Crippen molar-refractivity contribution in [2.24, 2.45) is 46.3 Å². The Labute approximate surface area is 228 Å². The van der Waals surface area contributed by atoms with Crippen LogP contribution in [0, 0.1) is 46.3 Å². The molecule has 0 amide bonds. The number of aliphatic hydroxyl groups excluding tert-OH is 1. The zero-order chi connectivity index (χ0) is 26.3. The van der Waals surface area contributed by atoms with Crippen LogP contribution >= 0.6 is 0 Å². The summed E-state index contributed by atoms with van der Waals surface area (Å²) in [6, 6.07) is 0. The lowest BCUT2D eigenvalue weighted by atomic mass is 9.54. The number of hydrogen-bond donors (Lipinski definition) is 1. The van der Waals surface area contributed by atoms with Crippen LogP contribution in [0.4, 0.5) is 0 Å². The smallest absolute Gasteiger partial charge is 0.0704 e. The first kappa shape index (κ1) is 29.6. The standard InChI is InChI=1S/C33H58O4/c1-25(2)8-7-9-26(3)29-14-15-30-31-11-6-5-10-28(37-23-22-36-21-20-35-19-18-34)13-12-27-24-33(27,31)17-16-32(29,30)4/h5-6,25-31,34H,7-24H2,1-4H3. The molecule has 0 saturated heterocycles. The van der Waals surface area contributed by atoms with Crippen LogP contribution in [0.25, 0.3) is 0 Å². The molecule has 4 nitrogen and oxygen atoms in total. The van der Waals surface area contributed by atoms with Crippen LogP contribution in [0.15, 0.2) is 12.2 Å². The van der Waals surface area contributed by atoms with Crippen LogP contribution < -0.4 is 0 Å². The Morgan fingerprint density at radius 1 is 0.838 bits per heavy atom. The summed E-state index contributed by atoms with van der Waals surface area (Å²) in [5.41, 5.74) is 1.22. The Morgan fingerprint density at radius 3 is 2.38 bits per heavy atom. The molecule has 0 bridgehead atoms. The van der Waals surface area contributed by atoms with Crippen molar-refractivity contribution in [2.45, 2.75) is 111 Å². The number of ether oxygens (including phenoxy) is 3. The van der Waals surface area contributed by atoms with Crippen molar-refractivity contribution in [3.8, 4) is 0 Å². The maximum absolute atomic E-state index is 8.75. The Balaban J connectivity index is 1.28. The van der Waals surface area contributed by atoms with E-state index >= 15 is 0 Å². The van der Waals surface area contributed by atoms with E-state index in [1.54, 1.807) is 0 Å². The molecule has 1 spiro atoms. The molecule has 3 saturated carbocycles. The third kappa shape index (κ3) is 7.21. The van der Waals surface area contributed by atoms with Gasteiger partial charge in [0.15, 0.2) is 0 Å². The molecule has 37 heavy (non-hydrogen) atoms. The van der Waals surface area contributed by atoms with Crippen molar-refractivity contribution in [2.75, 3.05) is 39.6 Å². The van der Waals surface area contributed by atoms with Gasteiger partial charge in [-0.15, -0.1) is 0 Å². The molecule has 4 aliphatic rings. The second kappa shape index (κ2) is 13.8. The minimum Gasteiger partial charge on any atom is -0.394 e. The Bertz CT molecular complexity index is 706. The van der Waals surface area contributed by atoms with E-state index in [-0.39, 0.29) is 6.61 Å². The van der Waals surface area contributed by atoms with E-state index in [0.717, 1.165) is 41.9 Å². The van der Waals surface area contributed by atoms with Gasteiger partial charge >= 0.3 is 0 Å². The lowest BCUT2D eigenvalue weighted by molar-refractivity contribution is -0.0265. The molecule has 4 heteroatoms. The number of rotatable bonds is 14. The van der Waals surface area contributed by atoms with E-state index in [1.165, 1.54) is 70.6 Å². The second-order valence-electron chi connectivity index (χ2n) is 13.8. The average Bonchev–Trinajstić information content (AvgIpc) is 3.46. The zero-order valence-electron chi connectivity index (χ0n) is 24.6. The maximum atomic E-state index is 8.75. The fourth-order valence-electron chi connectivity index (χ4n) is 9.15. The fraction of sp³-hybridized carbons (Fsp3) is 0.939. The summed E-state index contributed by atoms with van der Waals surface area (Å²) in [5.74, 6) is 5.47. The SMILES string of the molecule is CC(C)CCCC(C)C1CCC2C3CC=CCC(OCCOCCOCCO)CCC4CC43CCC12C. The molecule has 0 radical (unpaired) electrons. The number of hydrogen-bond acceptors (Lipinski definition) is 4. The highest BCUT2D eigenvalue weighted by Crippen LogP contribution is 2.74. The molecular weight excluding hydrogens is 460 g/mol. The van der Waals surface area contributed by atoms with E-state index in [4.69, 9.17) is 19.3 Å². The van der Waals surface area contributed by atoms with Crippen LogP contribution in [0.5, 0.6) is 0 Å². The Morgan fingerprint density at radius 2 is 1.59 bits per heavy atom. The largest absolute Gasteiger partial charge is 0.394 e. The third-order valence-corrected chi connectivity index (χ3v) is 11.2. The highest BCUT2D eigenvalue weighted by molar-refractivity contribution is 5.17.